The van der Waals surface area contributed by atoms with Gasteiger partial charge in [0.2, 0.25) is 11.8 Å². The minimum Gasteiger partial charge on any atom is -0.340 e. The molecule has 3 aliphatic rings. The lowest BCUT2D eigenvalue weighted by molar-refractivity contribution is -0.150. The number of carbonyl (C=O) groups excluding carboxylic acids is 2. The summed E-state index contributed by atoms with van der Waals surface area (Å²) < 4.78 is 0.146. The first-order valence-corrected chi connectivity index (χ1v) is 8.26. The number of amides is 2. The summed E-state index contributed by atoms with van der Waals surface area (Å²) in [5.41, 5.74) is -0.561. The number of carbonyl (C=O) groups is 2. The Bertz CT molecular complexity index is 398. The van der Waals surface area contributed by atoms with Gasteiger partial charge in [0.05, 0.1) is 6.54 Å². The fraction of sp³-hybridized carbons (Fsp3) is 0.857. The maximum Gasteiger partial charge on any atom is 0.248 e. The van der Waals surface area contributed by atoms with Crippen molar-refractivity contribution in [1.82, 2.24) is 10.2 Å². The molecule has 0 aromatic rings. The van der Waals surface area contributed by atoms with Crippen LogP contribution in [0.5, 0.6) is 0 Å². The lowest BCUT2D eigenvalue weighted by Gasteiger charge is -2.42. The summed E-state index contributed by atoms with van der Waals surface area (Å²) in [4.78, 5) is 26.5. The number of hydrogen-bond acceptors (Lipinski definition) is 3. The Morgan fingerprint density at radius 2 is 1.95 bits per heavy atom. The van der Waals surface area contributed by atoms with Crippen molar-refractivity contribution >= 4 is 23.6 Å². The van der Waals surface area contributed by atoms with Crippen LogP contribution in [0.25, 0.3) is 0 Å². The number of hydrogen-bond donors (Lipinski definition) is 1. The molecule has 19 heavy (non-hydrogen) atoms. The molecule has 1 spiro atoms. The Balaban J connectivity index is 1.77. The lowest BCUT2D eigenvalue weighted by Crippen LogP contribution is -2.66. The first-order valence-electron chi connectivity index (χ1n) is 7.27. The molecule has 0 radical (unpaired) electrons. The normalized spacial score (nSPS) is 34.1. The molecule has 1 N–H and O–H groups in total. The number of nitrogens with one attached hydrogen (secondary N) is 1. The van der Waals surface area contributed by atoms with Crippen LogP contribution in [0.3, 0.4) is 0 Å². The van der Waals surface area contributed by atoms with Gasteiger partial charge in [-0.2, -0.15) is 11.8 Å². The molecule has 1 aliphatic carbocycles. The fourth-order valence-corrected chi connectivity index (χ4v) is 5.04. The van der Waals surface area contributed by atoms with Crippen molar-refractivity contribution < 1.29 is 9.59 Å². The molecule has 3 fully saturated rings. The molecule has 2 saturated heterocycles. The maximum atomic E-state index is 12.7. The lowest BCUT2D eigenvalue weighted by atomic mass is 9.92. The van der Waals surface area contributed by atoms with Gasteiger partial charge in [-0.15, -0.1) is 0 Å². The van der Waals surface area contributed by atoms with Crippen LogP contribution in [0.15, 0.2) is 0 Å². The second kappa shape index (κ2) is 4.69. The third kappa shape index (κ3) is 2.37. The molecule has 4 nitrogen and oxygen atoms in total. The van der Waals surface area contributed by atoms with Gasteiger partial charge in [0.1, 0.15) is 5.54 Å². The average Bonchev–Trinajstić information content (AvgIpc) is 2.96. The molecule has 1 saturated carbocycles. The molecule has 2 amide bonds. The van der Waals surface area contributed by atoms with Crippen molar-refractivity contribution in [1.29, 1.82) is 0 Å². The summed E-state index contributed by atoms with van der Waals surface area (Å²) >= 11 is 1.95. The molecule has 0 bridgehead atoms. The van der Waals surface area contributed by atoms with E-state index in [1.807, 2.05) is 16.7 Å². The van der Waals surface area contributed by atoms with Crippen molar-refractivity contribution in [2.24, 2.45) is 0 Å². The smallest absolute Gasteiger partial charge is 0.248 e. The van der Waals surface area contributed by atoms with Crippen LogP contribution in [-0.2, 0) is 9.59 Å². The molecule has 106 valence electrons. The molecule has 2 heterocycles. The molecule has 1 atom stereocenters. The highest BCUT2D eigenvalue weighted by Crippen LogP contribution is 2.40. The van der Waals surface area contributed by atoms with Crippen molar-refractivity contribution in [2.75, 3.05) is 18.8 Å². The second-order valence-electron chi connectivity index (χ2n) is 6.40. The van der Waals surface area contributed by atoms with E-state index < -0.39 is 5.54 Å². The highest BCUT2D eigenvalue weighted by molar-refractivity contribution is 8.00. The quantitative estimate of drug-likeness (QED) is 0.836. The summed E-state index contributed by atoms with van der Waals surface area (Å²) in [6.07, 6.45) is 6.10. The third-order valence-electron chi connectivity index (χ3n) is 4.69. The first kappa shape index (κ1) is 13.3. The zero-order valence-electron chi connectivity index (χ0n) is 11.5. The van der Waals surface area contributed by atoms with E-state index in [4.69, 9.17) is 0 Å². The van der Waals surface area contributed by atoms with Crippen LogP contribution in [0.2, 0.25) is 0 Å². The van der Waals surface area contributed by atoms with Gasteiger partial charge in [-0.05, 0) is 38.4 Å². The molecule has 5 heteroatoms. The summed E-state index contributed by atoms with van der Waals surface area (Å²) in [6, 6.07) is 0. The standard InChI is InChI=1S/C14H22N2O2S/c1-13(5-4-8-19-13)10-16-9-11(17)15-14(12(16)18)6-2-3-7-14/h2-10H2,1H3,(H,15,17). The molecule has 2 aliphatic heterocycles. The van der Waals surface area contributed by atoms with Gasteiger partial charge < -0.3 is 10.2 Å². The van der Waals surface area contributed by atoms with Gasteiger partial charge in [0.15, 0.2) is 0 Å². The number of thioether (sulfide) groups is 1. The summed E-state index contributed by atoms with van der Waals surface area (Å²) in [6.45, 7) is 3.20. The highest BCUT2D eigenvalue weighted by atomic mass is 32.2. The van der Waals surface area contributed by atoms with E-state index in [2.05, 4.69) is 12.2 Å². The predicted molar refractivity (Wildman–Crippen MR) is 76.0 cm³/mol. The van der Waals surface area contributed by atoms with Crippen molar-refractivity contribution in [3.8, 4) is 0 Å². The van der Waals surface area contributed by atoms with Gasteiger partial charge in [0, 0.05) is 11.3 Å². The van der Waals surface area contributed by atoms with Gasteiger partial charge in [-0.25, -0.2) is 0 Å². The minimum absolute atomic E-state index is 0.0214. The number of nitrogens with zero attached hydrogens (tertiary/aromatic N) is 1. The van der Waals surface area contributed by atoms with Crippen molar-refractivity contribution in [3.05, 3.63) is 0 Å². The van der Waals surface area contributed by atoms with Gasteiger partial charge in [0.25, 0.3) is 0 Å². The zero-order chi connectivity index (χ0) is 13.5. The Morgan fingerprint density at radius 1 is 1.21 bits per heavy atom. The van der Waals surface area contributed by atoms with Crippen LogP contribution in [0.1, 0.15) is 45.4 Å². The first-order chi connectivity index (χ1) is 9.03. The van der Waals surface area contributed by atoms with E-state index in [0.29, 0.717) is 0 Å². The van der Waals surface area contributed by atoms with E-state index in [0.717, 1.165) is 38.6 Å². The van der Waals surface area contributed by atoms with Gasteiger partial charge >= 0.3 is 0 Å². The molecular weight excluding hydrogens is 260 g/mol. The van der Waals surface area contributed by atoms with Crippen LogP contribution >= 0.6 is 11.8 Å². The molecule has 1 unspecified atom stereocenters. The van der Waals surface area contributed by atoms with E-state index in [9.17, 15) is 9.59 Å². The molecule has 0 aromatic carbocycles. The third-order valence-corrected chi connectivity index (χ3v) is 6.22. The van der Waals surface area contributed by atoms with Crippen LogP contribution in [0, 0.1) is 0 Å². The Kier molecular flexibility index (Phi) is 3.28. The summed E-state index contributed by atoms with van der Waals surface area (Å²) in [7, 11) is 0. The predicted octanol–water partition coefficient (Wildman–Crippen LogP) is 1.54. The SMILES string of the molecule is CC1(CN2CC(=O)NC3(CCCC3)C2=O)CCCS1. The Hall–Kier alpha value is -0.710. The van der Waals surface area contributed by atoms with Gasteiger partial charge in [-0.1, -0.05) is 12.8 Å². The van der Waals surface area contributed by atoms with Crippen molar-refractivity contribution in [2.45, 2.75) is 55.7 Å². The monoisotopic (exact) mass is 282 g/mol. The molecular formula is C14H22N2O2S. The maximum absolute atomic E-state index is 12.7. The average molecular weight is 282 g/mol. The van der Waals surface area contributed by atoms with Gasteiger partial charge in [-0.3, -0.25) is 9.59 Å². The fourth-order valence-electron chi connectivity index (χ4n) is 3.72. The van der Waals surface area contributed by atoms with Crippen LogP contribution < -0.4 is 5.32 Å². The summed E-state index contributed by atoms with van der Waals surface area (Å²) in [5.74, 6) is 1.36. The molecule has 3 rings (SSSR count). The molecule has 0 aromatic heterocycles. The van der Waals surface area contributed by atoms with E-state index in [-0.39, 0.29) is 23.1 Å². The number of piperazine rings is 1. The number of rotatable bonds is 2. The van der Waals surface area contributed by atoms with Crippen LogP contribution in [-0.4, -0.2) is 45.8 Å². The second-order valence-corrected chi connectivity index (χ2v) is 8.08. The van der Waals surface area contributed by atoms with Crippen LogP contribution in [0.4, 0.5) is 0 Å². The van der Waals surface area contributed by atoms with E-state index in [1.54, 1.807) is 0 Å². The van der Waals surface area contributed by atoms with E-state index >= 15 is 0 Å². The highest BCUT2D eigenvalue weighted by Gasteiger charge is 2.49. The Labute approximate surface area is 118 Å². The van der Waals surface area contributed by atoms with Crippen molar-refractivity contribution in [3.63, 3.8) is 0 Å². The topological polar surface area (TPSA) is 49.4 Å². The largest absolute Gasteiger partial charge is 0.340 e. The summed E-state index contributed by atoms with van der Waals surface area (Å²) in [5, 5.41) is 2.97. The zero-order valence-corrected chi connectivity index (χ0v) is 12.4. The van der Waals surface area contributed by atoms with E-state index in [1.165, 1.54) is 12.2 Å². The minimum atomic E-state index is -0.561. The Morgan fingerprint density at radius 3 is 2.58 bits per heavy atom.